The Balaban J connectivity index is 1.84. The van der Waals surface area contributed by atoms with Gasteiger partial charge >= 0.3 is 5.97 Å². The van der Waals surface area contributed by atoms with Crippen molar-refractivity contribution < 1.29 is 18.3 Å². The summed E-state index contributed by atoms with van der Waals surface area (Å²) in [6, 6.07) is 3.80. The number of nitrogens with two attached hydrogens (primary N) is 1. The molecule has 2 fully saturated rings. The summed E-state index contributed by atoms with van der Waals surface area (Å²) in [7, 11) is -3.87. The van der Waals surface area contributed by atoms with Crippen molar-refractivity contribution in [3.8, 4) is 0 Å². The largest absolute Gasteiger partial charge is 0.478 e. The monoisotopic (exact) mass is 310 g/mol. The van der Waals surface area contributed by atoms with Crippen LogP contribution in [0.1, 0.15) is 36.0 Å². The van der Waals surface area contributed by atoms with Crippen LogP contribution < -0.4 is 10.5 Å². The van der Waals surface area contributed by atoms with Gasteiger partial charge in [-0.15, -0.1) is 0 Å². The summed E-state index contributed by atoms with van der Waals surface area (Å²) in [4.78, 5) is 10.9. The van der Waals surface area contributed by atoms with E-state index in [9.17, 15) is 13.2 Å². The summed E-state index contributed by atoms with van der Waals surface area (Å²) in [6.07, 6.45) is 4.42. The number of sulfonamides is 1. The molecule has 0 unspecified atom stereocenters. The fourth-order valence-electron chi connectivity index (χ4n) is 2.84. The van der Waals surface area contributed by atoms with E-state index in [-0.39, 0.29) is 21.6 Å². The minimum atomic E-state index is -3.87. The standard InChI is InChI=1S/C14H18N2O4S/c15-10-3-4-11(13(17)18)12(7-10)21(19,20)16-8-14(5-6-14)9-1-2-9/h3-4,7,9,16H,1-2,5-6,8,15H2,(H,17,18). The number of carbonyl (C=O) groups is 1. The third kappa shape index (κ3) is 2.75. The van der Waals surface area contributed by atoms with Crippen LogP contribution >= 0.6 is 0 Å². The Morgan fingerprint density at radius 2 is 2.05 bits per heavy atom. The first-order chi connectivity index (χ1) is 9.84. The molecule has 7 heteroatoms. The highest BCUT2D eigenvalue weighted by molar-refractivity contribution is 7.89. The Kier molecular flexibility index (Phi) is 3.22. The van der Waals surface area contributed by atoms with E-state index < -0.39 is 16.0 Å². The van der Waals surface area contributed by atoms with Crippen LogP contribution in [-0.2, 0) is 10.0 Å². The lowest BCUT2D eigenvalue weighted by atomic mass is 10.0. The maximum atomic E-state index is 12.4. The van der Waals surface area contributed by atoms with Crippen molar-refractivity contribution in [3.63, 3.8) is 0 Å². The van der Waals surface area contributed by atoms with Crippen LogP contribution in [-0.4, -0.2) is 26.0 Å². The molecule has 0 amide bonds. The molecular formula is C14H18N2O4S. The van der Waals surface area contributed by atoms with Gasteiger partial charge in [-0.1, -0.05) is 0 Å². The number of carboxylic acids is 1. The highest BCUT2D eigenvalue weighted by Crippen LogP contribution is 2.60. The van der Waals surface area contributed by atoms with Gasteiger partial charge in [-0.05, 0) is 55.2 Å². The Morgan fingerprint density at radius 1 is 1.38 bits per heavy atom. The van der Waals surface area contributed by atoms with Crippen molar-refractivity contribution in [2.75, 3.05) is 12.3 Å². The van der Waals surface area contributed by atoms with E-state index in [0.29, 0.717) is 12.5 Å². The molecule has 114 valence electrons. The highest BCUT2D eigenvalue weighted by Gasteiger charge is 2.53. The molecule has 0 aliphatic heterocycles. The summed E-state index contributed by atoms with van der Waals surface area (Å²) in [6.45, 7) is 0.383. The normalized spacial score (nSPS) is 20.2. The van der Waals surface area contributed by atoms with E-state index in [0.717, 1.165) is 12.8 Å². The van der Waals surface area contributed by atoms with E-state index in [2.05, 4.69) is 4.72 Å². The van der Waals surface area contributed by atoms with Gasteiger partial charge in [-0.3, -0.25) is 0 Å². The first kappa shape index (κ1) is 14.3. The maximum Gasteiger partial charge on any atom is 0.337 e. The van der Waals surface area contributed by atoms with Gasteiger partial charge in [0, 0.05) is 12.2 Å². The molecule has 2 aliphatic carbocycles. The zero-order chi connectivity index (χ0) is 15.3. The first-order valence-corrected chi connectivity index (χ1v) is 8.45. The number of benzene rings is 1. The molecular weight excluding hydrogens is 292 g/mol. The number of hydrogen-bond donors (Lipinski definition) is 3. The average Bonchev–Trinajstić information content (AvgIpc) is 3.27. The molecule has 0 radical (unpaired) electrons. The molecule has 0 atom stereocenters. The Hall–Kier alpha value is -1.60. The van der Waals surface area contributed by atoms with Gasteiger partial charge in [0.1, 0.15) is 0 Å². The lowest BCUT2D eigenvalue weighted by Crippen LogP contribution is -2.32. The van der Waals surface area contributed by atoms with E-state index in [4.69, 9.17) is 10.8 Å². The fraction of sp³-hybridized carbons (Fsp3) is 0.500. The second kappa shape index (κ2) is 4.71. The van der Waals surface area contributed by atoms with Crippen LogP contribution in [0.4, 0.5) is 5.69 Å². The van der Waals surface area contributed by atoms with Crippen molar-refractivity contribution in [1.82, 2.24) is 4.72 Å². The van der Waals surface area contributed by atoms with Gasteiger partial charge in [0.25, 0.3) is 0 Å². The van der Waals surface area contributed by atoms with Crippen LogP contribution in [0.15, 0.2) is 23.1 Å². The molecule has 21 heavy (non-hydrogen) atoms. The summed E-state index contributed by atoms with van der Waals surface area (Å²) >= 11 is 0. The van der Waals surface area contributed by atoms with Gasteiger partial charge in [0.05, 0.1) is 10.5 Å². The van der Waals surface area contributed by atoms with E-state index in [1.165, 1.54) is 31.0 Å². The van der Waals surface area contributed by atoms with Gasteiger partial charge in [-0.25, -0.2) is 17.9 Å². The number of hydrogen-bond acceptors (Lipinski definition) is 4. The SMILES string of the molecule is Nc1ccc(C(=O)O)c(S(=O)(=O)NCC2(C3CC3)CC2)c1. The third-order valence-electron chi connectivity index (χ3n) is 4.48. The van der Waals surface area contributed by atoms with Crippen LogP contribution in [0, 0.1) is 11.3 Å². The van der Waals surface area contributed by atoms with Crippen molar-refractivity contribution in [2.24, 2.45) is 11.3 Å². The summed E-state index contributed by atoms with van der Waals surface area (Å²) in [5.74, 6) is -0.654. The van der Waals surface area contributed by atoms with Crippen LogP contribution in [0.2, 0.25) is 0 Å². The number of nitrogen functional groups attached to an aromatic ring is 1. The van der Waals surface area contributed by atoms with Gasteiger partial charge in [0.15, 0.2) is 0 Å². The molecule has 6 nitrogen and oxygen atoms in total. The van der Waals surface area contributed by atoms with E-state index in [1.54, 1.807) is 0 Å². The average molecular weight is 310 g/mol. The molecule has 0 spiro atoms. The number of aromatic carboxylic acids is 1. The lowest BCUT2D eigenvalue weighted by molar-refractivity contribution is 0.0692. The fourth-order valence-corrected chi connectivity index (χ4v) is 4.21. The van der Waals surface area contributed by atoms with E-state index >= 15 is 0 Å². The number of anilines is 1. The van der Waals surface area contributed by atoms with Gasteiger partial charge in [-0.2, -0.15) is 0 Å². The van der Waals surface area contributed by atoms with Crippen LogP contribution in [0.25, 0.3) is 0 Å². The molecule has 1 aromatic carbocycles. The minimum absolute atomic E-state index is 0.108. The van der Waals surface area contributed by atoms with Crippen molar-refractivity contribution in [2.45, 2.75) is 30.6 Å². The predicted octanol–water partition coefficient (Wildman–Crippen LogP) is 1.44. The second-order valence-corrected chi connectivity index (χ2v) is 7.76. The van der Waals surface area contributed by atoms with Crippen LogP contribution in [0.3, 0.4) is 0 Å². The molecule has 2 aliphatic rings. The summed E-state index contributed by atoms with van der Waals surface area (Å²) < 4.78 is 27.4. The third-order valence-corrected chi connectivity index (χ3v) is 5.92. The Bertz CT molecular complexity index is 691. The molecule has 4 N–H and O–H groups in total. The summed E-state index contributed by atoms with van der Waals surface area (Å²) in [5, 5.41) is 9.13. The molecule has 0 saturated heterocycles. The van der Waals surface area contributed by atoms with Gasteiger partial charge < -0.3 is 10.8 Å². The smallest absolute Gasteiger partial charge is 0.337 e. The topological polar surface area (TPSA) is 109 Å². The number of nitrogens with one attached hydrogen (secondary N) is 1. The van der Waals surface area contributed by atoms with E-state index in [1.807, 2.05) is 0 Å². The quantitative estimate of drug-likeness (QED) is 0.689. The van der Waals surface area contributed by atoms with Crippen molar-refractivity contribution >= 4 is 21.7 Å². The molecule has 1 aromatic rings. The molecule has 0 aromatic heterocycles. The molecule has 0 bridgehead atoms. The maximum absolute atomic E-state index is 12.4. The number of rotatable bonds is 6. The molecule has 0 heterocycles. The second-order valence-electron chi connectivity index (χ2n) is 6.02. The number of carboxylic acid groups (broad SMARTS) is 1. The van der Waals surface area contributed by atoms with Crippen molar-refractivity contribution in [1.29, 1.82) is 0 Å². The predicted molar refractivity (Wildman–Crippen MR) is 77.4 cm³/mol. The molecule has 2 saturated carbocycles. The first-order valence-electron chi connectivity index (χ1n) is 6.97. The lowest BCUT2D eigenvalue weighted by Gasteiger charge is -2.16. The zero-order valence-corrected chi connectivity index (χ0v) is 12.3. The summed E-state index contributed by atoms with van der Waals surface area (Å²) in [5.41, 5.74) is 5.67. The minimum Gasteiger partial charge on any atom is -0.478 e. The van der Waals surface area contributed by atoms with Gasteiger partial charge in [0.2, 0.25) is 10.0 Å². The Labute approximate surface area is 123 Å². The zero-order valence-electron chi connectivity index (χ0n) is 11.5. The van der Waals surface area contributed by atoms with Crippen LogP contribution in [0.5, 0.6) is 0 Å². The highest BCUT2D eigenvalue weighted by atomic mass is 32.2. The van der Waals surface area contributed by atoms with Crippen molar-refractivity contribution in [3.05, 3.63) is 23.8 Å². The molecule has 3 rings (SSSR count). The Morgan fingerprint density at radius 3 is 2.57 bits per heavy atom.